The molecule has 0 spiro atoms. The number of aromatic amines is 1. The predicted octanol–water partition coefficient (Wildman–Crippen LogP) is 2.42. The van der Waals surface area contributed by atoms with E-state index in [4.69, 9.17) is 0 Å². The fraction of sp³-hybridized carbons (Fsp3) is 0.471. The van der Waals surface area contributed by atoms with Gasteiger partial charge in [0.15, 0.2) is 5.78 Å². The van der Waals surface area contributed by atoms with E-state index in [2.05, 4.69) is 10.1 Å². The Hall–Kier alpha value is -2.37. The molecule has 2 heterocycles. The number of H-pyrrole nitrogens is 1. The van der Waals surface area contributed by atoms with Gasteiger partial charge in [0.05, 0.1) is 23.5 Å². The van der Waals surface area contributed by atoms with Crippen molar-refractivity contribution >= 4 is 11.7 Å². The number of likely N-dealkylation sites (N-methyl/N-ethyl adjacent to an activating group) is 1. The molecule has 1 N–H and O–H groups in total. The van der Waals surface area contributed by atoms with Crippen LogP contribution < -0.4 is 0 Å². The Kier molecular flexibility index (Phi) is 4.73. The summed E-state index contributed by atoms with van der Waals surface area (Å²) in [6, 6.07) is 2.02. The van der Waals surface area contributed by atoms with Gasteiger partial charge in [0.25, 0.3) is 5.91 Å². The third-order valence-electron chi connectivity index (χ3n) is 4.10. The van der Waals surface area contributed by atoms with Crippen LogP contribution >= 0.6 is 0 Å². The average Bonchev–Trinajstić information content (AvgIpc) is 2.94. The molecule has 2 rings (SSSR count). The lowest BCUT2D eigenvalue weighted by Gasteiger charge is -2.18. The van der Waals surface area contributed by atoms with Crippen LogP contribution in [-0.2, 0) is 6.54 Å². The van der Waals surface area contributed by atoms with E-state index in [0.717, 1.165) is 22.6 Å². The standard InChI is InChI=1S/C17H24N4O2/c1-10-9-11(2)21(19-10)8-7-20(6)17(23)15-12(3)16(14(5)22)18-13(15)4/h9,18H,7-8H2,1-6H3. The van der Waals surface area contributed by atoms with Crippen LogP contribution in [0.3, 0.4) is 0 Å². The number of Topliss-reactive ketones (excluding diaryl/α,β-unsaturated/α-hetero) is 1. The first kappa shape index (κ1) is 17.0. The number of rotatable bonds is 5. The number of ketones is 1. The summed E-state index contributed by atoms with van der Waals surface area (Å²) in [5.41, 5.74) is 4.61. The van der Waals surface area contributed by atoms with Gasteiger partial charge in [0.2, 0.25) is 0 Å². The van der Waals surface area contributed by atoms with Crippen molar-refractivity contribution in [2.24, 2.45) is 0 Å². The molecule has 0 radical (unpaired) electrons. The molecule has 0 saturated heterocycles. The molecule has 0 bridgehead atoms. The molecule has 0 aliphatic rings. The molecular formula is C17H24N4O2. The Labute approximate surface area is 136 Å². The van der Waals surface area contributed by atoms with E-state index in [0.29, 0.717) is 24.3 Å². The maximum Gasteiger partial charge on any atom is 0.255 e. The van der Waals surface area contributed by atoms with Crippen LogP contribution in [0.2, 0.25) is 0 Å². The highest BCUT2D eigenvalue weighted by Crippen LogP contribution is 2.20. The maximum absolute atomic E-state index is 12.7. The molecule has 1 amide bonds. The number of nitrogens with one attached hydrogen (secondary N) is 1. The fourth-order valence-corrected chi connectivity index (χ4v) is 2.86. The molecule has 0 aliphatic heterocycles. The van der Waals surface area contributed by atoms with Crippen LogP contribution in [0, 0.1) is 27.7 Å². The van der Waals surface area contributed by atoms with Gasteiger partial charge in [-0.3, -0.25) is 14.3 Å². The van der Waals surface area contributed by atoms with Crippen molar-refractivity contribution in [3.8, 4) is 0 Å². The molecule has 0 atom stereocenters. The number of nitrogens with zero attached hydrogens (tertiary/aromatic N) is 3. The number of aromatic nitrogens is 3. The Morgan fingerprint density at radius 2 is 1.91 bits per heavy atom. The second kappa shape index (κ2) is 6.40. The van der Waals surface area contributed by atoms with E-state index in [-0.39, 0.29) is 11.7 Å². The molecule has 6 heteroatoms. The molecule has 0 aromatic carbocycles. The monoisotopic (exact) mass is 316 g/mol. The quantitative estimate of drug-likeness (QED) is 0.861. The van der Waals surface area contributed by atoms with Crippen LogP contribution in [0.15, 0.2) is 6.07 Å². The summed E-state index contributed by atoms with van der Waals surface area (Å²) in [5.74, 6) is -0.139. The zero-order valence-electron chi connectivity index (χ0n) is 14.6. The van der Waals surface area contributed by atoms with Crippen LogP contribution in [0.1, 0.15) is 50.4 Å². The van der Waals surface area contributed by atoms with Crippen molar-refractivity contribution in [3.63, 3.8) is 0 Å². The zero-order chi connectivity index (χ0) is 17.3. The first-order chi connectivity index (χ1) is 10.7. The van der Waals surface area contributed by atoms with Gasteiger partial charge in [-0.2, -0.15) is 5.10 Å². The second-order valence-corrected chi connectivity index (χ2v) is 6.06. The highest BCUT2D eigenvalue weighted by atomic mass is 16.2. The number of hydrogen-bond donors (Lipinski definition) is 1. The van der Waals surface area contributed by atoms with Crippen molar-refractivity contribution in [2.75, 3.05) is 13.6 Å². The lowest BCUT2D eigenvalue weighted by molar-refractivity contribution is 0.0787. The normalized spacial score (nSPS) is 10.9. The van der Waals surface area contributed by atoms with Crippen molar-refractivity contribution < 1.29 is 9.59 Å². The second-order valence-electron chi connectivity index (χ2n) is 6.06. The van der Waals surface area contributed by atoms with E-state index < -0.39 is 0 Å². The minimum atomic E-state index is -0.0784. The van der Waals surface area contributed by atoms with Crippen LogP contribution in [-0.4, -0.2) is 44.9 Å². The molecule has 23 heavy (non-hydrogen) atoms. The van der Waals surface area contributed by atoms with Crippen molar-refractivity contribution in [3.05, 3.63) is 40.0 Å². The fourth-order valence-electron chi connectivity index (χ4n) is 2.86. The van der Waals surface area contributed by atoms with E-state index in [1.807, 2.05) is 38.4 Å². The lowest BCUT2D eigenvalue weighted by atomic mass is 10.1. The predicted molar refractivity (Wildman–Crippen MR) is 88.9 cm³/mol. The maximum atomic E-state index is 12.7. The first-order valence-corrected chi connectivity index (χ1v) is 7.69. The third-order valence-corrected chi connectivity index (χ3v) is 4.10. The molecule has 0 fully saturated rings. The molecule has 2 aromatic heterocycles. The van der Waals surface area contributed by atoms with Gasteiger partial charge in [-0.15, -0.1) is 0 Å². The summed E-state index contributed by atoms with van der Waals surface area (Å²) in [6.07, 6.45) is 0. The van der Waals surface area contributed by atoms with Gasteiger partial charge in [-0.25, -0.2) is 0 Å². The molecule has 0 aliphatic carbocycles. The summed E-state index contributed by atoms with van der Waals surface area (Å²) < 4.78 is 1.90. The van der Waals surface area contributed by atoms with Crippen molar-refractivity contribution in [1.82, 2.24) is 19.7 Å². The average molecular weight is 316 g/mol. The SMILES string of the molecule is CC(=O)c1[nH]c(C)c(C(=O)N(C)CCn2nc(C)cc2C)c1C. The third kappa shape index (κ3) is 3.36. The van der Waals surface area contributed by atoms with Crippen molar-refractivity contribution in [1.29, 1.82) is 0 Å². The minimum absolute atomic E-state index is 0.0602. The van der Waals surface area contributed by atoms with Gasteiger partial charge >= 0.3 is 0 Å². The summed E-state index contributed by atoms with van der Waals surface area (Å²) in [6.45, 7) is 10.3. The van der Waals surface area contributed by atoms with E-state index in [1.165, 1.54) is 6.92 Å². The molecular weight excluding hydrogens is 292 g/mol. The molecule has 124 valence electrons. The zero-order valence-corrected chi connectivity index (χ0v) is 14.6. The summed E-state index contributed by atoms with van der Waals surface area (Å²) in [7, 11) is 1.77. The number of carbonyl (C=O) groups excluding carboxylic acids is 2. The first-order valence-electron chi connectivity index (χ1n) is 7.69. The minimum Gasteiger partial charge on any atom is -0.355 e. The van der Waals surface area contributed by atoms with Crippen LogP contribution in [0.4, 0.5) is 0 Å². The van der Waals surface area contributed by atoms with Gasteiger partial charge < -0.3 is 9.88 Å². The molecule has 0 unspecified atom stereocenters. The van der Waals surface area contributed by atoms with Gasteiger partial charge in [0.1, 0.15) is 0 Å². The Balaban J connectivity index is 2.14. The number of aryl methyl sites for hydroxylation is 3. The molecule has 2 aromatic rings. The summed E-state index contributed by atoms with van der Waals surface area (Å²) in [4.78, 5) is 29.0. The number of amides is 1. The highest BCUT2D eigenvalue weighted by molar-refractivity contribution is 6.02. The van der Waals surface area contributed by atoms with Crippen molar-refractivity contribution in [2.45, 2.75) is 41.2 Å². The largest absolute Gasteiger partial charge is 0.355 e. The smallest absolute Gasteiger partial charge is 0.255 e. The Morgan fingerprint density at radius 3 is 2.39 bits per heavy atom. The molecule has 6 nitrogen and oxygen atoms in total. The van der Waals surface area contributed by atoms with Gasteiger partial charge in [0, 0.05) is 31.9 Å². The van der Waals surface area contributed by atoms with E-state index in [1.54, 1.807) is 11.9 Å². The Morgan fingerprint density at radius 1 is 1.26 bits per heavy atom. The lowest BCUT2D eigenvalue weighted by Crippen LogP contribution is -2.31. The summed E-state index contributed by atoms with van der Waals surface area (Å²) >= 11 is 0. The van der Waals surface area contributed by atoms with E-state index >= 15 is 0 Å². The highest BCUT2D eigenvalue weighted by Gasteiger charge is 2.22. The van der Waals surface area contributed by atoms with Gasteiger partial charge in [-0.05, 0) is 39.3 Å². The van der Waals surface area contributed by atoms with Gasteiger partial charge in [-0.1, -0.05) is 0 Å². The number of carbonyl (C=O) groups is 2. The van der Waals surface area contributed by atoms with E-state index in [9.17, 15) is 9.59 Å². The summed E-state index contributed by atoms with van der Waals surface area (Å²) in [5, 5.41) is 4.40. The van der Waals surface area contributed by atoms with Crippen LogP contribution in [0.25, 0.3) is 0 Å². The Bertz CT molecular complexity index is 755. The topological polar surface area (TPSA) is 71.0 Å². The molecule has 0 saturated carbocycles. The number of hydrogen-bond acceptors (Lipinski definition) is 3. The van der Waals surface area contributed by atoms with Crippen LogP contribution in [0.5, 0.6) is 0 Å².